The second-order valence-corrected chi connectivity index (χ2v) is 8.27. The quantitative estimate of drug-likeness (QED) is 0.158. The van der Waals surface area contributed by atoms with Gasteiger partial charge in [0.2, 0.25) is 0 Å². The van der Waals surface area contributed by atoms with Gasteiger partial charge in [0, 0.05) is 9.84 Å². The monoisotopic (exact) mass is 414 g/mol. The molecule has 0 aliphatic heterocycles. The van der Waals surface area contributed by atoms with Crippen LogP contribution in [-0.4, -0.2) is 15.5 Å². The van der Waals surface area contributed by atoms with Gasteiger partial charge in [-0.3, -0.25) is 0 Å². The molecule has 122 valence electrons. The van der Waals surface area contributed by atoms with Crippen molar-refractivity contribution >= 4 is 22.6 Å². The van der Waals surface area contributed by atoms with Crippen LogP contribution in [0, 0.1) is 0 Å². The molecule has 1 unspecified atom stereocenters. The Morgan fingerprint density at radius 3 is 1.70 bits per heavy atom. The molecular weight excluding hydrogens is 390 g/mol. The maximum atomic E-state index is 13.0. The molecule has 0 saturated carbocycles. The smallest absolute Gasteiger partial charge is 0.196 e. The molecule has 0 nitrogen and oxygen atoms in total. The van der Waals surface area contributed by atoms with Crippen LogP contribution in [0.1, 0.15) is 71.6 Å². The molecule has 0 rings (SSSR count). The van der Waals surface area contributed by atoms with Gasteiger partial charge in [0.1, 0.15) is 0 Å². The maximum Gasteiger partial charge on any atom is 0.453 e. The molecule has 0 aromatic rings. The molecule has 0 amide bonds. The predicted octanol–water partition coefficient (Wildman–Crippen LogP) is 6.91. The van der Waals surface area contributed by atoms with E-state index in [0.29, 0.717) is 12.8 Å². The molecule has 1 atom stereocenters. The molecular formula is C14H24F5I. The summed E-state index contributed by atoms with van der Waals surface area (Å²) in [7, 11) is 0. The number of alkyl halides is 6. The lowest BCUT2D eigenvalue weighted by atomic mass is 9.95. The van der Waals surface area contributed by atoms with E-state index in [-0.39, 0.29) is 0 Å². The molecule has 0 radical (unpaired) electrons. The number of hydrogen-bond donors (Lipinski definition) is 0. The van der Waals surface area contributed by atoms with Gasteiger partial charge in [-0.15, -0.1) is 0 Å². The Hall–Kier alpha value is 0.380. The second kappa shape index (κ2) is 8.73. The van der Waals surface area contributed by atoms with Gasteiger partial charge in [0.15, 0.2) is 0 Å². The Kier molecular flexibility index (Phi) is 8.90. The Balaban J connectivity index is 3.96. The molecule has 0 aromatic carbocycles. The van der Waals surface area contributed by atoms with Crippen molar-refractivity contribution in [2.75, 3.05) is 0 Å². The van der Waals surface area contributed by atoms with Crippen molar-refractivity contribution in [1.29, 1.82) is 0 Å². The average Bonchev–Trinajstić information content (AvgIpc) is 2.24. The Morgan fingerprint density at radius 2 is 1.25 bits per heavy atom. The van der Waals surface area contributed by atoms with Gasteiger partial charge in [-0.25, -0.2) is 0 Å². The summed E-state index contributed by atoms with van der Waals surface area (Å²) in [5.74, 6) is -4.59. The fraction of sp³-hybridized carbons (Fsp3) is 1.00. The molecule has 6 heteroatoms. The van der Waals surface area contributed by atoms with E-state index in [4.69, 9.17) is 0 Å². The Morgan fingerprint density at radius 1 is 0.800 bits per heavy atom. The molecule has 0 spiro atoms. The third-order valence-corrected chi connectivity index (χ3v) is 4.23. The summed E-state index contributed by atoms with van der Waals surface area (Å²) in [5.41, 5.74) is 0. The molecule has 0 aliphatic carbocycles. The van der Waals surface area contributed by atoms with Gasteiger partial charge >= 0.3 is 12.1 Å². The van der Waals surface area contributed by atoms with Crippen molar-refractivity contribution in [3.8, 4) is 0 Å². The largest absolute Gasteiger partial charge is 0.453 e. The van der Waals surface area contributed by atoms with Crippen LogP contribution >= 0.6 is 22.6 Å². The summed E-state index contributed by atoms with van der Waals surface area (Å²) >= 11 is 1.74. The molecule has 0 bridgehead atoms. The van der Waals surface area contributed by atoms with Crippen LogP contribution in [0.5, 0.6) is 0 Å². The Bertz CT molecular complexity index is 261. The van der Waals surface area contributed by atoms with Crippen LogP contribution in [0.25, 0.3) is 0 Å². The summed E-state index contributed by atoms with van der Waals surface area (Å²) in [6.45, 7) is 3.60. The second-order valence-electron chi connectivity index (χ2n) is 5.66. The first-order chi connectivity index (χ1) is 9.02. The summed E-state index contributed by atoms with van der Waals surface area (Å²) in [5, 5.41) is 0. The first-order valence-electron chi connectivity index (χ1n) is 7.15. The average molecular weight is 414 g/mol. The van der Waals surface area contributed by atoms with Gasteiger partial charge in [-0.05, 0) is 6.42 Å². The number of unbranched alkanes of at least 4 members (excludes halogenated alkanes) is 6. The normalized spacial score (nSPS) is 16.2. The van der Waals surface area contributed by atoms with E-state index in [0.717, 1.165) is 19.3 Å². The minimum Gasteiger partial charge on any atom is -0.196 e. The van der Waals surface area contributed by atoms with Crippen LogP contribution in [0.15, 0.2) is 0 Å². The fourth-order valence-corrected chi connectivity index (χ4v) is 2.96. The van der Waals surface area contributed by atoms with Crippen LogP contribution in [0.4, 0.5) is 22.0 Å². The van der Waals surface area contributed by atoms with E-state index in [2.05, 4.69) is 6.92 Å². The molecule has 20 heavy (non-hydrogen) atoms. The number of hydrogen-bond acceptors (Lipinski definition) is 0. The Labute approximate surface area is 132 Å². The highest BCUT2D eigenvalue weighted by molar-refractivity contribution is 14.1. The molecule has 0 saturated heterocycles. The van der Waals surface area contributed by atoms with Crippen molar-refractivity contribution in [2.24, 2.45) is 0 Å². The summed E-state index contributed by atoms with van der Waals surface area (Å²) in [4.78, 5) is 0. The maximum absolute atomic E-state index is 13.0. The van der Waals surface area contributed by atoms with Crippen molar-refractivity contribution in [1.82, 2.24) is 0 Å². The van der Waals surface area contributed by atoms with E-state index < -0.39 is 21.9 Å². The zero-order valence-electron chi connectivity index (χ0n) is 12.1. The van der Waals surface area contributed by atoms with Crippen molar-refractivity contribution in [2.45, 2.75) is 87.2 Å². The highest BCUT2D eigenvalue weighted by Crippen LogP contribution is 2.45. The summed E-state index contributed by atoms with van der Waals surface area (Å²) < 4.78 is 61.5. The molecule has 0 aliphatic rings. The van der Waals surface area contributed by atoms with Gasteiger partial charge in [0.05, 0.1) is 0 Å². The van der Waals surface area contributed by atoms with Crippen molar-refractivity contribution in [3.63, 3.8) is 0 Å². The highest BCUT2D eigenvalue weighted by Gasteiger charge is 2.59. The topological polar surface area (TPSA) is 0 Å². The van der Waals surface area contributed by atoms with Gasteiger partial charge in [-0.1, -0.05) is 81.4 Å². The van der Waals surface area contributed by atoms with Crippen LogP contribution in [0.3, 0.4) is 0 Å². The van der Waals surface area contributed by atoms with Crippen molar-refractivity contribution in [3.05, 3.63) is 0 Å². The highest BCUT2D eigenvalue weighted by atomic mass is 127. The van der Waals surface area contributed by atoms with E-state index >= 15 is 0 Å². The molecule has 0 fully saturated rings. The van der Waals surface area contributed by atoms with E-state index in [1.165, 1.54) is 26.2 Å². The number of rotatable bonds is 10. The lowest BCUT2D eigenvalue weighted by molar-refractivity contribution is -0.285. The fourth-order valence-electron chi connectivity index (χ4n) is 2.10. The standard InChI is InChI=1S/C14H24F5I/c1-3-4-5-6-7-8-9-10-12(2,20)11-13(15,16)14(17,18)19/h3-11H2,1-2H3. The minimum atomic E-state index is -5.44. The summed E-state index contributed by atoms with van der Waals surface area (Å²) in [6.07, 6.45) is 1.10. The predicted molar refractivity (Wildman–Crippen MR) is 80.7 cm³/mol. The zero-order chi connectivity index (χ0) is 15.9. The van der Waals surface area contributed by atoms with Crippen LogP contribution in [-0.2, 0) is 0 Å². The first kappa shape index (κ1) is 20.4. The zero-order valence-corrected chi connectivity index (χ0v) is 14.3. The summed E-state index contributed by atoms with van der Waals surface area (Å²) in [6, 6.07) is 0. The van der Waals surface area contributed by atoms with E-state index in [1.807, 2.05) is 0 Å². The molecule has 0 N–H and O–H groups in total. The lowest BCUT2D eigenvalue weighted by Crippen LogP contribution is -2.41. The minimum absolute atomic E-state index is 0.396. The molecule has 0 heterocycles. The van der Waals surface area contributed by atoms with Gasteiger partial charge in [-0.2, -0.15) is 22.0 Å². The van der Waals surface area contributed by atoms with E-state index in [1.54, 1.807) is 22.6 Å². The third-order valence-electron chi connectivity index (χ3n) is 3.31. The lowest BCUT2D eigenvalue weighted by Gasteiger charge is -2.29. The number of halogens is 6. The third kappa shape index (κ3) is 8.62. The van der Waals surface area contributed by atoms with Crippen LogP contribution < -0.4 is 0 Å². The van der Waals surface area contributed by atoms with Crippen molar-refractivity contribution < 1.29 is 22.0 Å². The van der Waals surface area contributed by atoms with Gasteiger partial charge < -0.3 is 0 Å². The molecule has 0 aromatic heterocycles. The SMILES string of the molecule is CCCCCCCCCC(C)(I)CC(F)(F)C(F)(F)F. The van der Waals surface area contributed by atoms with Crippen LogP contribution in [0.2, 0.25) is 0 Å². The van der Waals surface area contributed by atoms with Gasteiger partial charge in [0.25, 0.3) is 0 Å². The van der Waals surface area contributed by atoms with E-state index in [9.17, 15) is 22.0 Å². The first-order valence-corrected chi connectivity index (χ1v) is 8.23.